The second-order valence-electron chi connectivity index (χ2n) is 8.07. The van der Waals surface area contributed by atoms with Crippen LogP contribution in [0.2, 0.25) is 0 Å². The molecule has 0 heterocycles. The van der Waals surface area contributed by atoms with Crippen LogP contribution in [0.3, 0.4) is 0 Å². The minimum atomic E-state index is -0.373. The Morgan fingerprint density at radius 2 is 1.48 bits per heavy atom. The molecule has 0 aromatic heterocycles. The molecule has 2 N–H and O–H groups in total. The van der Waals surface area contributed by atoms with Crippen molar-refractivity contribution in [1.82, 2.24) is 5.32 Å². The fraction of sp³-hybridized carbons (Fsp3) is 0.571. The van der Waals surface area contributed by atoms with Gasteiger partial charge in [0.2, 0.25) is 11.8 Å². The molecule has 0 saturated heterocycles. The molecule has 0 bridgehead atoms. The molecule has 2 rings (SSSR count). The highest BCUT2D eigenvalue weighted by atomic mass is 16.5. The second-order valence-corrected chi connectivity index (χ2v) is 8.07. The van der Waals surface area contributed by atoms with E-state index in [2.05, 4.69) is 10.6 Å². The van der Waals surface area contributed by atoms with E-state index in [1.165, 1.54) is 0 Å². The molecule has 6 nitrogen and oxygen atoms in total. The molecule has 148 valence electrons. The molecule has 0 radical (unpaired) electrons. The van der Waals surface area contributed by atoms with Gasteiger partial charge in [-0.1, -0.05) is 0 Å². The molecule has 2 amide bonds. The normalized spacial score (nSPS) is 19.9. The van der Waals surface area contributed by atoms with Crippen LogP contribution < -0.4 is 10.6 Å². The third-order valence-electron chi connectivity index (χ3n) is 4.63. The number of anilines is 1. The lowest BCUT2D eigenvalue weighted by atomic mass is 9.81. The van der Waals surface area contributed by atoms with Crippen LogP contribution in [0.4, 0.5) is 5.69 Å². The number of benzene rings is 1. The van der Waals surface area contributed by atoms with E-state index in [9.17, 15) is 14.4 Å². The molecule has 1 saturated carbocycles. The molecule has 1 aliphatic rings. The van der Waals surface area contributed by atoms with E-state index in [-0.39, 0.29) is 35.2 Å². The average Bonchev–Trinajstić information content (AvgIpc) is 2.61. The highest BCUT2D eigenvalue weighted by Gasteiger charge is 2.31. The van der Waals surface area contributed by atoms with Crippen molar-refractivity contribution in [2.75, 3.05) is 11.9 Å². The van der Waals surface area contributed by atoms with E-state index < -0.39 is 0 Å². The Kier molecular flexibility index (Phi) is 6.99. The van der Waals surface area contributed by atoms with Gasteiger partial charge in [-0.15, -0.1) is 0 Å². The Labute approximate surface area is 161 Å². The van der Waals surface area contributed by atoms with E-state index in [0.717, 1.165) is 12.8 Å². The van der Waals surface area contributed by atoms with Crippen LogP contribution in [0.5, 0.6) is 0 Å². The van der Waals surface area contributed by atoms with Gasteiger partial charge in [0, 0.05) is 23.1 Å². The van der Waals surface area contributed by atoms with Gasteiger partial charge < -0.3 is 15.4 Å². The predicted molar refractivity (Wildman–Crippen MR) is 104 cm³/mol. The Balaban J connectivity index is 1.84. The molecule has 1 aliphatic carbocycles. The number of ether oxygens (including phenoxy) is 1. The van der Waals surface area contributed by atoms with E-state index in [1.54, 1.807) is 31.2 Å². The fourth-order valence-electron chi connectivity index (χ4n) is 3.24. The predicted octanol–water partition coefficient (Wildman–Crippen LogP) is 3.52. The third-order valence-corrected chi connectivity index (χ3v) is 4.63. The number of esters is 1. The summed E-state index contributed by atoms with van der Waals surface area (Å²) in [5.74, 6) is -0.433. The van der Waals surface area contributed by atoms with Gasteiger partial charge in [0.1, 0.15) is 0 Å². The molecule has 1 aromatic carbocycles. The van der Waals surface area contributed by atoms with Crippen molar-refractivity contribution in [2.24, 2.45) is 11.8 Å². The van der Waals surface area contributed by atoms with E-state index in [1.807, 2.05) is 20.8 Å². The van der Waals surface area contributed by atoms with Crippen LogP contribution in [0, 0.1) is 11.8 Å². The number of carbonyl (C=O) groups excluding carboxylic acids is 3. The zero-order valence-electron chi connectivity index (χ0n) is 16.6. The highest BCUT2D eigenvalue weighted by molar-refractivity contribution is 5.94. The summed E-state index contributed by atoms with van der Waals surface area (Å²) in [6.07, 6.45) is 2.85. The SMILES string of the molecule is CCOC(=O)c1ccc(NC(=O)C2CCC(C(=O)NC(C)(C)C)CC2)cc1. The number of rotatable bonds is 5. The van der Waals surface area contributed by atoms with Crippen LogP contribution in [-0.2, 0) is 14.3 Å². The molecule has 0 atom stereocenters. The van der Waals surface area contributed by atoms with Gasteiger partial charge in [0.05, 0.1) is 12.2 Å². The lowest BCUT2D eigenvalue weighted by Crippen LogP contribution is -2.45. The quantitative estimate of drug-likeness (QED) is 0.772. The van der Waals surface area contributed by atoms with Gasteiger partial charge >= 0.3 is 5.97 Å². The summed E-state index contributed by atoms with van der Waals surface area (Å²) in [4.78, 5) is 36.4. The summed E-state index contributed by atoms with van der Waals surface area (Å²) in [5, 5.41) is 5.92. The summed E-state index contributed by atoms with van der Waals surface area (Å²) in [5.41, 5.74) is 0.877. The van der Waals surface area contributed by atoms with Gasteiger partial charge in [-0.05, 0) is 77.6 Å². The van der Waals surface area contributed by atoms with Crippen LogP contribution in [-0.4, -0.2) is 29.9 Å². The molecule has 6 heteroatoms. The minimum Gasteiger partial charge on any atom is -0.462 e. The summed E-state index contributed by atoms with van der Waals surface area (Å²) in [7, 11) is 0. The molecule has 0 aliphatic heterocycles. The van der Waals surface area contributed by atoms with Gasteiger partial charge in [0.15, 0.2) is 0 Å². The Hall–Kier alpha value is -2.37. The largest absolute Gasteiger partial charge is 0.462 e. The van der Waals surface area contributed by atoms with Crippen LogP contribution in [0.1, 0.15) is 63.7 Å². The smallest absolute Gasteiger partial charge is 0.338 e. The molecule has 0 spiro atoms. The number of hydrogen-bond acceptors (Lipinski definition) is 4. The summed E-state index contributed by atoms with van der Waals surface area (Å²) in [6.45, 7) is 7.99. The standard InChI is InChI=1S/C21H30N2O4/c1-5-27-20(26)16-10-12-17(13-11-16)22-18(24)14-6-8-15(9-7-14)19(25)23-21(2,3)4/h10-15H,5-9H2,1-4H3,(H,22,24)(H,23,25). The molecular weight excluding hydrogens is 344 g/mol. The first-order valence-electron chi connectivity index (χ1n) is 9.59. The summed E-state index contributed by atoms with van der Waals surface area (Å²) >= 11 is 0. The van der Waals surface area contributed by atoms with Gasteiger partial charge in [0.25, 0.3) is 0 Å². The van der Waals surface area contributed by atoms with Gasteiger partial charge in [-0.2, -0.15) is 0 Å². The Morgan fingerprint density at radius 1 is 0.963 bits per heavy atom. The first-order valence-corrected chi connectivity index (χ1v) is 9.59. The van der Waals surface area contributed by atoms with Gasteiger partial charge in [-0.3, -0.25) is 9.59 Å². The lowest BCUT2D eigenvalue weighted by molar-refractivity contribution is -0.129. The third kappa shape index (κ3) is 6.38. The second kappa shape index (κ2) is 9.02. The maximum atomic E-state index is 12.5. The van der Waals surface area contributed by atoms with Crippen molar-refractivity contribution in [3.8, 4) is 0 Å². The highest BCUT2D eigenvalue weighted by Crippen LogP contribution is 2.30. The van der Waals surface area contributed by atoms with Crippen LogP contribution in [0.25, 0.3) is 0 Å². The zero-order chi connectivity index (χ0) is 20.0. The number of amides is 2. The average molecular weight is 374 g/mol. The lowest BCUT2D eigenvalue weighted by Gasteiger charge is -2.30. The molecule has 27 heavy (non-hydrogen) atoms. The number of nitrogens with one attached hydrogen (secondary N) is 2. The molecule has 1 aromatic rings. The number of carbonyl (C=O) groups is 3. The molecule has 0 unspecified atom stereocenters. The van der Waals surface area contributed by atoms with Gasteiger partial charge in [-0.25, -0.2) is 4.79 Å². The van der Waals surface area contributed by atoms with Crippen molar-refractivity contribution < 1.29 is 19.1 Å². The summed E-state index contributed by atoms with van der Waals surface area (Å²) in [6, 6.07) is 6.68. The minimum absolute atomic E-state index is 0.0165. The Morgan fingerprint density at radius 3 is 1.96 bits per heavy atom. The Bertz CT molecular complexity index is 668. The first-order chi connectivity index (χ1) is 12.7. The van der Waals surface area contributed by atoms with Crippen molar-refractivity contribution in [2.45, 2.75) is 58.9 Å². The first kappa shape index (κ1) is 20.9. The summed E-state index contributed by atoms with van der Waals surface area (Å²) < 4.78 is 4.94. The van der Waals surface area contributed by atoms with Crippen LogP contribution in [0.15, 0.2) is 24.3 Å². The van der Waals surface area contributed by atoms with E-state index in [0.29, 0.717) is 30.7 Å². The molecular formula is C21H30N2O4. The number of hydrogen-bond donors (Lipinski definition) is 2. The maximum absolute atomic E-state index is 12.5. The van der Waals surface area contributed by atoms with Crippen molar-refractivity contribution in [1.29, 1.82) is 0 Å². The van der Waals surface area contributed by atoms with Crippen LogP contribution >= 0.6 is 0 Å². The topological polar surface area (TPSA) is 84.5 Å². The van der Waals surface area contributed by atoms with Crippen molar-refractivity contribution in [3.05, 3.63) is 29.8 Å². The van der Waals surface area contributed by atoms with E-state index >= 15 is 0 Å². The fourth-order valence-corrected chi connectivity index (χ4v) is 3.24. The monoisotopic (exact) mass is 374 g/mol. The molecule has 1 fully saturated rings. The van der Waals surface area contributed by atoms with E-state index in [4.69, 9.17) is 4.74 Å². The zero-order valence-corrected chi connectivity index (χ0v) is 16.6. The maximum Gasteiger partial charge on any atom is 0.338 e. The van der Waals surface area contributed by atoms with Crippen molar-refractivity contribution in [3.63, 3.8) is 0 Å². The van der Waals surface area contributed by atoms with Crippen molar-refractivity contribution >= 4 is 23.5 Å².